The molecule has 0 saturated heterocycles. The minimum Gasteiger partial charge on any atom is -0.311 e. The summed E-state index contributed by atoms with van der Waals surface area (Å²) in [6, 6.07) is 36.9. The summed E-state index contributed by atoms with van der Waals surface area (Å²) in [5, 5.41) is 2.72. The van der Waals surface area contributed by atoms with Crippen LogP contribution in [0, 0.1) is 20.8 Å². The van der Waals surface area contributed by atoms with Crippen molar-refractivity contribution in [1.29, 1.82) is 0 Å². The van der Waals surface area contributed by atoms with E-state index < -0.39 is 0 Å². The molecule has 314 valence electrons. The first-order chi connectivity index (χ1) is 29.1. The number of nitrogens with zero attached hydrogens (tertiary/aromatic N) is 2. The second-order valence-electron chi connectivity index (χ2n) is 23.4. The minimum atomic E-state index is 0.0652. The summed E-state index contributed by atoms with van der Waals surface area (Å²) in [5.41, 5.74) is 23.9. The monoisotopic (exact) mass is 830 g/mol. The fraction of sp³-hybridized carbons (Fsp3) is 0.379. The SMILES string of the molecule is Cc1cc2c3c(c1)N(c1ccccc1C)c1cc4c(cc1B3c1cc3c(cc1N2c1cc2c(cc1C)C(C)(C)CCC2(C)C)C(C)(C)CC3(C)C)sc1ccc(C(C)(C)C)cc14. The molecule has 2 nitrogen and oxygen atoms in total. The number of thiophene rings is 1. The number of anilines is 6. The number of rotatable bonds is 2. The highest BCUT2D eigenvalue weighted by Gasteiger charge is 2.49. The van der Waals surface area contributed by atoms with Gasteiger partial charge in [-0.15, -0.1) is 11.3 Å². The van der Waals surface area contributed by atoms with Crippen molar-refractivity contribution in [1.82, 2.24) is 0 Å². The predicted octanol–water partition coefficient (Wildman–Crippen LogP) is 14.7. The van der Waals surface area contributed by atoms with Crippen LogP contribution in [0.2, 0.25) is 0 Å². The van der Waals surface area contributed by atoms with Crippen LogP contribution in [-0.4, -0.2) is 6.71 Å². The van der Waals surface area contributed by atoms with Crippen molar-refractivity contribution in [3.8, 4) is 0 Å². The van der Waals surface area contributed by atoms with Gasteiger partial charge in [-0.25, -0.2) is 0 Å². The predicted molar refractivity (Wildman–Crippen MR) is 272 cm³/mol. The van der Waals surface area contributed by atoms with E-state index in [0.29, 0.717) is 0 Å². The first kappa shape index (κ1) is 40.0. The summed E-state index contributed by atoms with van der Waals surface area (Å²) in [5.74, 6) is 0. The molecular weight excluding hydrogens is 768 g/mol. The van der Waals surface area contributed by atoms with Crippen LogP contribution in [0.3, 0.4) is 0 Å². The zero-order valence-corrected chi connectivity index (χ0v) is 40.5. The molecule has 62 heavy (non-hydrogen) atoms. The maximum Gasteiger partial charge on any atom is 0.252 e. The van der Waals surface area contributed by atoms with Crippen LogP contribution in [0.5, 0.6) is 0 Å². The van der Waals surface area contributed by atoms with Crippen molar-refractivity contribution in [2.24, 2.45) is 0 Å². The number of fused-ring (bicyclic) bond motifs is 9. The first-order valence-corrected chi connectivity index (χ1v) is 24.0. The van der Waals surface area contributed by atoms with Crippen LogP contribution in [0.4, 0.5) is 34.1 Å². The maximum atomic E-state index is 2.72. The Hall–Kier alpha value is -4.80. The van der Waals surface area contributed by atoms with Crippen molar-refractivity contribution >= 4 is 88.7 Å². The standard InChI is InChI=1S/C58H63BN2S/c1-33-23-49-53-50(24-33)61(46-29-41-39(25-35(46)3)55(7,8)21-22-56(41,9)10)48-30-42-40(57(11,12)32-58(42,13)14)28-43(48)59(53)44-31-52-38(27-47(44)60(49)45-18-16-15-17-34(45)2)37-26-36(54(4,5)6)19-20-51(37)62-52/h15-20,23-31H,21-22,32H2,1-14H3. The Bertz CT molecular complexity index is 3090. The van der Waals surface area contributed by atoms with E-state index in [9.17, 15) is 0 Å². The Labute approximate surface area is 375 Å². The summed E-state index contributed by atoms with van der Waals surface area (Å²) in [6.07, 6.45) is 3.54. The molecule has 0 N–H and O–H groups in total. The number of para-hydroxylation sites is 1. The normalized spacial score (nSPS) is 18.7. The molecule has 0 spiro atoms. The smallest absolute Gasteiger partial charge is 0.252 e. The molecule has 11 rings (SSSR count). The first-order valence-electron chi connectivity index (χ1n) is 23.2. The Balaban J connectivity index is 1.28. The van der Waals surface area contributed by atoms with Gasteiger partial charge in [0.15, 0.2) is 0 Å². The van der Waals surface area contributed by atoms with Gasteiger partial charge in [0.25, 0.3) is 6.71 Å². The van der Waals surface area contributed by atoms with E-state index in [1.165, 1.54) is 128 Å². The molecule has 0 amide bonds. The molecule has 4 aliphatic rings. The highest BCUT2D eigenvalue weighted by atomic mass is 32.1. The lowest BCUT2D eigenvalue weighted by Crippen LogP contribution is -2.61. The minimum absolute atomic E-state index is 0.0652. The number of benzene rings is 6. The van der Waals surface area contributed by atoms with Crippen molar-refractivity contribution in [3.05, 3.63) is 136 Å². The molecule has 0 atom stereocenters. The Kier molecular flexibility index (Phi) is 8.19. The van der Waals surface area contributed by atoms with E-state index in [1.54, 1.807) is 0 Å². The molecule has 0 unspecified atom stereocenters. The van der Waals surface area contributed by atoms with Crippen LogP contribution < -0.4 is 26.2 Å². The van der Waals surface area contributed by atoms with Crippen molar-refractivity contribution < 1.29 is 0 Å². The quantitative estimate of drug-likeness (QED) is 0.160. The number of aryl methyl sites for hydroxylation is 3. The van der Waals surface area contributed by atoms with Gasteiger partial charge in [0.05, 0.1) is 0 Å². The van der Waals surface area contributed by atoms with Crippen LogP contribution in [0.1, 0.15) is 140 Å². The fourth-order valence-electron chi connectivity index (χ4n) is 12.6. The van der Waals surface area contributed by atoms with E-state index in [1.807, 2.05) is 11.3 Å². The van der Waals surface area contributed by atoms with Gasteiger partial charge >= 0.3 is 0 Å². The van der Waals surface area contributed by atoms with E-state index in [-0.39, 0.29) is 33.8 Å². The topological polar surface area (TPSA) is 6.48 Å². The van der Waals surface area contributed by atoms with E-state index >= 15 is 0 Å². The van der Waals surface area contributed by atoms with Gasteiger partial charge in [0.2, 0.25) is 0 Å². The molecule has 7 aromatic rings. The fourth-order valence-corrected chi connectivity index (χ4v) is 13.7. The molecule has 6 aromatic carbocycles. The molecule has 0 bridgehead atoms. The number of hydrogen-bond donors (Lipinski definition) is 0. The largest absolute Gasteiger partial charge is 0.311 e. The van der Waals surface area contributed by atoms with Crippen molar-refractivity contribution in [3.63, 3.8) is 0 Å². The summed E-state index contributed by atoms with van der Waals surface area (Å²) < 4.78 is 2.73. The van der Waals surface area contributed by atoms with E-state index in [4.69, 9.17) is 0 Å². The summed E-state index contributed by atoms with van der Waals surface area (Å²) in [7, 11) is 0. The van der Waals surface area contributed by atoms with Crippen LogP contribution in [-0.2, 0) is 27.1 Å². The van der Waals surface area contributed by atoms with Gasteiger partial charge in [-0.2, -0.15) is 0 Å². The van der Waals surface area contributed by atoms with E-state index in [2.05, 4.69) is 198 Å². The maximum absolute atomic E-state index is 2.72. The molecule has 1 aromatic heterocycles. The van der Waals surface area contributed by atoms with Crippen molar-refractivity contribution in [2.75, 3.05) is 9.80 Å². The molecule has 0 radical (unpaired) electrons. The van der Waals surface area contributed by atoms with Crippen LogP contribution >= 0.6 is 11.3 Å². The molecule has 2 aliphatic heterocycles. The zero-order chi connectivity index (χ0) is 43.8. The Morgan fingerprint density at radius 2 is 1.05 bits per heavy atom. The average molecular weight is 831 g/mol. The Morgan fingerprint density at radius 1 is 0.500 bits per heavy atom. The lowest BCUT2D eigenvalue weighted by Gasteiger charge is -2.46. The third kappa shape index (κ3) is 5.60. The molecule has 2 aliphatic carbocycles. The molecule has 3 heterocycles. The zero-order valence-electron chi connectivity index (χ0n) is 39.7. The van der Waals surface area contributed by atoms with Crippen LogP contribution in [0.25, 0.3) is 20.2 Å². The Morgan fingerprint density at radius 3 is 1.71 bits per heavy atom. The van der Waals surface area contributed by atoms with E-state index in [0.717, 1.165) is 6.42 Å². The summed E-state index contributed by atoms with van der Waals surface area (Å²) >= 11 is 1.96. The summed E-state index contributed by atoms with van der Waals surface area (Å²) in [6.45, 7) is 33.8. The lowest BCUT2D eigenvalue weighted by atomic mass is 9.33. The van der Waals surface area contributed by atoms with Gasteiger partial charge in [-0.05, 0) is 183 Å². The molecule has 4 heteroatoms. The molecule has 0 fully saturated rings. The van der Waals surface area contributed by atoms with Gasteiger partial charge in [-0.3, -0.25) is 0 Å². The third-order valence-corrected chi connectivity index (χ3v) is 17.0. The van der Waals surface area contributed by atoms with Crippen LogP contribution in [0.15, 0.2) is 91.0 Å². The highest BCUT2D eigenvalue weighted by Crippen LogP contribution is 2.55. The second kappa shape index (κ2) is 12.7. The van der Waals surface area contributed by atoms with Gasteiger partial charge in [-0.1, -0.05) is 113 Å². The second-order valence-corrected chi connectivity index (χ2v) is 24.5. The summed E-state index contributed by atoms with van der Waals surface area (Å²) in [4.78, 5) is 5.36. The molecular formula is C58H63BN2S. The third-order valence-electron chi connectivity index (χ3n) is 15.9. The van der Waals surface area contributed by atoms with Gasteiger partial charge < -0.3 is 9.80 Å². The van der Waals surface area contributed by atoms with Gasteiger partial charge in [0.1, 0.15) is 0 Å². The molecule has 0 saturated carbocycles. The average Bonchev–Trinajstić information content (AvgIpc) is 3.63. The highest BCUT2D eigenvalue weighted by molar-refractivity contribution is 7.26. The number of hydrogen-bond acceptors (Lipinski definition) is 3. The van der Waals surface area contributed by atoms with Gasteiger partial charge in [0, 0.05) is 54.3 Å². The van der Waals surface area contributed by atoms with Crippen molar-refractivity contribution in [2.45, 2.75) is 143 Å². The lowest BCUT2D eigenvalue weighted by molar-refractivity contribution is 0.332.